The Hall–Kier alpha value is -1.02. The summed E-state index contributed by atoms with van der Waals surface area (Å²) >= 11 is 0. The molecule has 0 rings (SSSR count). The number of esters is 1. The summed E-state index contributed by atoms with van der Waals surface area (Å²) in [6, 6.07) is 0. The fraction of sp³-hybridized carbons (Fsp3) is 0.929. The second-order valence-corrected chi connectivity index (χ2v) is 5.34. The number of ether oxygens (including phenoxy) is 1. The standard InChI is InChI=1S/C14H21F7O2/c1-4-9(5-2)7-8-10(6-3)23-11(22)12(15,16)13(17,18)14(19,20)21/h9-10H,4-8H2,1-3H3. The molecule has 0 spiro atoms. The van der Waals surface area contributed by atoms with Gasteiger partial charge in [-0.25, -0.2) is 4.79 Å². The van der Waals surface area contributed by atoms with Crippen molar-refractivity contribution in [1.82, 2.24) is 0 Å². The summed E-state index contributed by atoms with van der Waals surface area (Å²) in [5.74, 6) is -15.1. The summed E-state index contributed by atoms with van der Waals surface area (Å²) in [6.45, 7) is 5.27. The first-order valence-corrected chi connectivity index (χ1v) is 7.38. The van der Waals surface area contributed by atoms with Crippen molar-refractivity contribution in [2.45, 2.75) is 77.0 Å². The highest BCUT2D eigenvalue weighted by Crippen LogP contribution is 2.47. The zero-order chi connectivity index (χ0) is 18.5. The van der Waals surface area contributed by atoms with Crippen molar-refractivity contribution >= 4 is 5.97 Å². The Balaban J connectivity index is 4.94. The SMILES string of the molecule is CCC(CC)CCC(CC)OC(=O)C(F)(F)C(F)(F)C(F)(F)F. The molecule has 0 saturated heterocycles. The molecule has 0 radical (unpaired) electrons. The normalized spacial score (nSPS) is 14.9. The molecular weight excluding hydrogens is 333 g/mol. The molecule has 0 aliphatic rings. The van der Waals surface area contributed by atoms with E-state index in [4.69, 9.17) is 0 Å². The maximum atomic E-state index is 13.2. The lowest BCUT2D eigenvalue weighted by atomic mass is 9.95. The lowest BCUT2D eigenvalue weighted by Gasteiger charge is -2.28. The topological polar surface area (TPSA) is 26.3 Å². The average Bonchev–Trinajstić information content (AvgIpc) is 2.45. The van der Waals surface area contributed by atoms with Gasteiger partial charge in [-0.1, -0.05) is 33.6 Å². The van der Waals surface area contributed by atoms with E-state index in [0.29, 0.717) is 6.42 Å². The van der Waals surface area contributed by atoms with E-state index in [1.165, 1.54) is 6.92 Å². The largest absolute Gasteiger partial charge is 0.460 e. The zero-order valence-electron chi connectivity index (χ0n) is 13.2. The van der Waals surface area contributed by atoms with Crippen LogP contribution < -0.4 is 0 Å². The van der Waals surface area contributed by atoms with Gasteiger partial charge in [0.05, 0.1) is 0 Å². The van der Waals surface area contributed by atoms with Crippen LogP contribution in [-0.2, 0) is 9.53 Å². The first kappa shape index (κ1) is 22.0. The number of carbonyl (C=O) groups is 1. The van der Waals surface area contributed by atoms with Gasteiger partial charge in [-0.2, -0.15) is 30.7 Å². The van der Waals surface area contributed by atoms with E-state index in [-0.39, 0.29) is 18.8 Å². The fourth-order valence-corrected chi connectivity index (χ4v) is 2.00. The average molecular weight is 354 g/mol. The number of rotatable bonds is 9. The van der Waals surface area contributed by atoms with E-state index >= 15 is 0 Å². The van der Waals surface area contributed by atoms with Gasteiger partial charge in [0.2, 0.25) is 0 Å². The monoisotopic (exact) mass is 354 g/mol. The fourth-order valence-electron chi connectivity index (χ4n) is 2.00. The molecule has 0 aliphatic heterocycles. The third-order valence-electron chi connectivity index (χ3n) is 3.79. The molecular formula is C14H21F7O2. The van der Waals surface area contributed by atoms with Crippen LogP contribution in [0, 0.1) is 5.92 Å². The minimum absolute atomic E-state index is 0.0412. The second kappa shape index (κ2) is 8.19. The molecule has 0 fully saturated rings. The lowest BCUT2D eigenvalue weighted by Crippen LogP contribution is -2.57. The number of halogens is 7. The van der Waals surface area contributed by atoms with E-state index in [2.05, 4.69) is 4.74 Å². The molecule has 9 heteroatoms. The van der Waals surface area contributed by atoms with Gasteiger partial charge in [0.25, 0.3) is 0 Å². The van der Waals surface area contributed by atoms with E-state index < -0.39 is 30.1 Å². The first-order valence-electron chi connectivity index (χ1n) is 7.38. The summed E-state index contributed by atoms with van der Waals surface area (Å²) in [5, 5.41) is 0. The molecule has 1 unspecified atom stereocenters. The molecule has 0 aromatic rings. The second-order valence-electron chi connectivity index (χ2n) is 5.34. The maximum Gasteiger partial charge on any atom is 0.460 e. The summed E-state index contributed by atoms with van der Waals surface area (Å²) in [4.78, 5) is 11.2. The minimum Gasteiger partial charge on any atom is -0.458 e. The predicted molar refractivity (Wildman–Crippen MR) is 69.4 cm³/mol. The van der Waals surface area contributed by atoms with Gasteiger partial charge >= 0.3 is 24.0 Å². The summed E-state index contributed by atoms with van der Waals surface area (Å²) in [5.41, 5.74) is 0. The van der Waals surface area contributed by atoms with Crippen LogP contribution in [0.15, 0.2) is 0 Å². The van der Waals surface area contributed by atoms with Crippen LogP contribution in [-0.4, -0.2) is 30.1 Å². The van der Waals surface area contributed by atoms with Crippen molar-refractivity contribution in [3.63, 3.8) is 0 Å². The van der Waals surface area contributed by atoms with Crippen molar-refractivity contribution in [3.05, 3.63) is 0 Å². The Kier molecular flexibility index (Phi) is 7.83. The van der Waals surface area contributed by atoms with Gasteiger partial charge < -0.3 is 4.74 Å². The molecule has 0 aromatic heterocycles. The summed E-state index contributed by atoms with van der Waals surface area (Å²) in [7, 11) is 0. The van der Waals surface area contributed by atoms with Crippen molar-refractivity contribution in [1.29, 1.82) is 0 Å². The van der Waals surface area contributed by atoms with Gasteiger partial charge in [0, 0.05) is 0 Å². The van der Waals surface area contributed by atoms with Crippen LogP contribution in [0.5, 0.6) is 0 Å². The highest BCUT2D eigenvalue weighted by molar-refractivity contribution is 5.79. The summed E-state index contributed by atoms with van der Waals surface area (Å²) < 4.78 is 92.1. The van der Waals surface area contributed by atoms with Crippen molar-refractivity contribution in [2.75, 3.05) is 0 Å². The van der Waals surface area contributed by atoms with Gasteiger partial charge in [-0.3, -0.25) is 0 Å². The summed E-state index contributed by atoms with van der Waals surface area (Å²) in [6.07, 6.45) is -5.42. The van der Waals surface area contributed by atoms with Crippen LogP contribution in [0.4, 0.5) is 30.7 Å². The first-order chi connectivity index (χ1) is 10.3. The van der Waals surface area contributed by atoms with Crippen molar-refractivity contribution < 1.29 is 40.3 Å². The van der Waals surface area contributed by atoms with Gasteiger partial charge in [-0.05, 0) is 25.2 Å². The molecule has 0 aliphatic carbocycles. The number of alkyl halides is 7. The predicted octanol–water partition coefficient (Wildman–Crippen LogP) is 5.36. The van der Waals surface area contributed by atoms with Crippen molar-refractivity contribution in [3.8, 4) is 0 Å². The highest BCUT2D eigenvalue weighted by Gasteiger charge is 2.77. The molecule has 0 N–H and O–H groups in total. The van der Waals surface area contributed by atoms with Crippen LogP contribution in [0.25, 0.3) is 0 Å². The third-order valence-corrected chi connectivity index (χ3v) is 3.79. The molecule has 0 saturated carbocycles. The molecule has 1 atom stereocenters. The Morgan fingerprint density at radius 1 is 0.870 bits per heavy atom. The van der Waals surface area contributed by atoms with Gasteiger partial charge in [0.1, 0.15) is 6.10 Å². The molecule has 0 heterocycles. The number of carbonyl (C=O) groups excluding carboxylic acids is 1. The molecule has 2 nitrogen and oxygen atoms in total. The molecule has 0 bridgehead atoms. The van der Waals surface area contributed by atoms with Crippen LogP contribution >= 0.6 is 0 Å². The Morgan fingerprint density at radius 3 is 1.70 bits per heavy atom. The van der Waals surface area contributed by atoms with Gasteiger partial charge in [-0.15, -0.1) is 0 Å². The lowest BCUT2D eigenvalue weighted by molar-refractivity contribution is -0.349. The van der Waals surface area contributed by atoms with E-state index in [0.717, 1.165) is 12.8 Å². The van der Waals surface area contributed by atoms with E-state index in [1.807, 2.05) is 13.8 Å². The molecule has 0 amide bonds. The van der Waals surface area contributed by atoms with Crippen LogP contribution in [0.3, 0.4) is 0 Å². The Morgan fingerprint density at radius 2 is 1.35 bits per heavy atom. The quantitative estimate of drug-likeness (QED) is 0.412. The third kappa shape index (κ3) is 5.24. The van der Waals surface area contributed by atoms with Gasteiger partial charge in [0.15, 0.2) is 0 Å². The molecule has 0 aromatic carbocycles. The Labute approximate surface area is 130 Å². The number of hydrogen-bond acceptors (Lipinski definition) is 2. The van der Waals surface area contributed by atoms with E-state index in [9.17, 15) is 35.5 Å². The number of hydrogen-bond donors (Lipinski definition) is 0. The molecule has 138 valence electrons. The zero-order valence-corrected chi connectivity index (χ0v) is 13.2. The highest BCUT2D eigenvalue weighted by atomic mass is 19.4. The molecule has 23 heavy (non-hydrogen) atoms. The van der Waals surface area contributed by atoms with Crippen molar-refractivity contribution in [2.24, 2.45) is 5.92 Å². The smallest absolute Gasteiger partial charge is 0.458 e. The van der Waals surface area contributed by atoms with Crippen LogP contribution in [0.1, 0.15) is 52.9 Å². The van der Waals surface area contributed by atoms with Crippen LogP contribution in [0.2, 0.25) is 0 Å². The minimum atomic E-state index is -6.55. The Bertz CT molecular complexity index is 376. The van der Waals surface area contributed by atoms with E-state index in [1.54, 1.807) is 0 Å². The maximum absolute atomic E-state index is 13.2.